The highest BCUT2D eigenvalue weighted by atomic mass is 127. The molecule has 31 heavy (non-hydrogen) atoms. The van der Waals surface area contributed by atoms with Crippen molar-refractivity contribution in [2.24, 2.45) is 4.99 Å². The molecule has 2 aromatic carbocycles. The molecule has 0 radical (unpaired) electrons. The van der Waals surface area contributed by atoms with Crippen LogP contribution in [-0.4, -0.2) is 45.9 Å². The van der Waals surface area contributed by atoms with Crippen LogP contribution in [0.1, 0.15) is 30.4 Å². The SMILES string of the molecule is CN=C(NCc1cccc(OC)c1)NCc1cccc(S(=O)(=O)N2CCCCC2)c1.I. The monoisotopic (exact) mass is 558 g/mol. The van der Waals surface area contributed by atoms with Crippen LogP contribution in [0, 0.1) is 0 Å². The Labute approximate surface area is 202 Å². The van der Waals surface area contributed by atoms with E-state index in [1.165, 1.54) is 0 Å². The van der Waals surface area contributed by atoms with Gasteiger partial charge in [0.15, 0.2) is 5.96 Å². The normalized spacial score (nSPS) is 15.1. The summed E-state index contributed by atoms with van der Waals surface area (Å²) in [4.78, 5) is 4.59. The Hall–Kier alpha value is -1.85. The molecule has 0 atom stereocenters. The second-order valence-corrected chi connectivity index (χ2v) is 9.18. The van der Waals surface area contributed by atoms with Crippen molar-refractivity contribution in [3.8, 4) is 5.75 Å². The molecule has 1 fully saturated rings. The molecule has 0 bridgehead atoms. The van der Waals surface area contributed by atoms with Crippen molar-refractivity contribution in [3.63, 3.8) is 0 Å². The number of sulfonamides is 1. The standard InChI is InChI=1S/C22H30N4O3S.HI/c1-23-22(24-16-18-8-6-10-20(14-18)29-2)25-17-19-9-7-11-21(15-19)30(27,28)26-12-4-3-5-13-26;/h6-11,14-15H,3-5,12-13,16-17H2,1-2H3,(H2,23,24,25);1H. The van der Waals surface area contributed by atoms with Gasteiger partial charge in [-0.2, -0.15) is 4.31 Å². The summed E-state index contributed by atoms with van der Waals surface area (Å²) in [6.07, 6.45) is 2.95. The maximum atomic E-state index is 12.9. The molecule has 3 rings (SSSR count). The molecule has 0 saturated carbocycles. The van der Waals surface area contributed by atoms with Crippen LogP contribution < -0.4 is 15.4 Å². The number of guanidine groups is 1. The number of methoxy groups -OCH3 is 1. The minimum absolute atomic E-state index is 0. The molecule has 1 heterocycles. The van der Waals surface area contributed by atoms with Crippen molar-refractivity contribution in [1.29, 1.82) is 0 Å². The van der Waals surface area contributed by atoms with Gasteiger partial charge in [0.25, 0.3) is 0 Å². The van der Waals surface area contributed by atoms with Crippen molar-refractivity contribution in [2.75, 3.05) is 27.2 Å². The van der Waals surface area contributed by atoms with Crippen molar-refractivity contribution in [2.45, 2.75) is 37.2 Å². The van der Waals surface area contributed by atoms with Crippen LogP contribution in [0.25, 0.3) is 0 Å². The van der Waals surface area contributed by atoms with Gasteiger partial charge in [-0.15, -0.1) is 24.0 Å². The van der Waals surface area contributed by atoms with Crippen LogP contribution in [0.4, 0.5) is 0 Å². The second kappa shape index (κ2) is 12.3. The molecule has 9 heteroatoms. The molecule has 2 N–H and O–H groups in total. The van der Waals surface area contributed by atoms with E-state index in [-0.39, 0.29) is 24.0 Å². The molecule has 170 valence electrons. The van der Waals surface area contributed by atoms with E-state index in [1.807, 2.05) is 30.3 Å². The van der Waals surface area contributed by atoms with Crippen LogP contribution in [0.2, 0.25) is 0 Å². The predicted octanol–water partition coefficient (Wildman–Crippen LogP) is 3.35. The molecule has 0 unspecified atom stereocenters. The Morgan fingerprint density at radius 3 is 2.23 bits per heavy atom. The highest BCUT2D eigenvalue weighted by molar-refractivity contribution is 14.0. The average Bonchev–Trinajstić information content (AvgIpc) is 2.80. The Morgan fingerprint density at radius 1 is 1.00 bits per heavy atom. The number of halogens is 1. The van der Waals surface area contributed by atoms with Crippen molar-refractivity contribution in [1.82, 2.24) is 14.9 Å². The topological polar surface area (TPSA) is 83.0 Å². The zero-order valence-electron chi connectivity index (χ0n) is 18.0. The third-order valence-corrected chi connectivity index (χ3v) is 7.02. The molecule has 0 amide bonds. The molecular formula is C22H31IN4O3S. The van der Waals surface area contributed by atoms with E-state index in [9.17, 15) is 8.42 Å². The number of piperidine rings is 1. The lowest BCUT2D eigenvalue weighted by Gasteiger charge is -2.26. The fourth-order valence-electron chi connectivity index (χ4n) is 3.44. The first-order valence-corrected chi connectivity index (χ1v) is 11.6. The van der Waals surface area contributed by atoms with Gasteiger partial charge in [-0.3, -0.25) is 4.99 Å². The van der Waals surface area contributed by atoms with Gasteiger partial charge < -0.3 is 15.4 Å². The van der Waals surface area contributed by atoms with Gasteiger partial charge in [0.1, 0.15) is 5.75 Å². The molecule has 1 aliphatic rings. The van der Waals surface area contributed by atoms with Crippen molar-refractivity contribution in [3.05, 3.63) is 59.7 Å². The first-order valence-electron chi connectivity index (χ1n) is 10.2. The number of rotatable bonds is 7. The van der Waals surface area contributed by atoms with Gasteiger partial charge in [0.05, 0.1) is 12.0 Å². The number of nitrogens with one attached hydrogen (secondary N) is 2. The summed E-state index contributed by atoms with van der Waals surface area (Å²) >= 11 is 0. The van der Waals surface area contributed by atoms with Crippen LogP contribution in [0.3, 0.4) is 0 Å². The number of ether oxygens (including phenoxy) is 1. The summed E-state index contributed by atoms with van der Waals surface area (Å²) in [5.74, 6) is 1.45. The lowest BCUT2D eigenvalue weighted by atomic mass is 10.2. The fourth-order valence-corrected chi connectivity index (χ4v) is 5.03. The largest absolute Gasteiger partial charge is 0.497 e. The Bertz CT molecular complexity index is 976. The third kappa shape index (κ3) is 7.08. The molecular weight excluding hydrogens is 527 g/mol. The number of aliphatic imine (C=N–C) groups is 1. The number of hydrogen-bond donors (Lipinski definition) is 2. The van der Waals surface area contributed by atoms with E-state index in [4.69, 9.17) is 4.74 Å². The summed E-state index contributed by atoms with van der Waals surface area (Å²) in [6.45, 7) is 2.28. The Kier molecular flexibility index (Phi) is 10.0. The van der Waals surface area contributed by atoms with E-state index in [0.717, 1.165) is 36.1 Å². The molecule has 1 saturated heterocycles. The Morgan fingerprint density at radius 2 is 1.61 bits per heavy atom. The summed E-state index contributed by atoms with van der Waals surface area (Å²) in [5, 5.41) is 6.50. The molecule has 0 aliphatic carbocycles. The van der Waals surface area contributed by atoms with E-state index in [1.54, 1.807) is 36.7 Å². The average molecular weight is 558 g/mol. The van der Waals surface area contributed by atoms with Crippen molar-refractivity contribution >= 4 is 40.0 Å². The minimum atomic E-state index is -3.43. The van der Waals surface area contributed by atoms with E-state index in [0.29, 0.717) is 37.0 Å². The molecule has 1 aliphatic heterocycles. The number of hydrogen-bond acceptors (Lipinski definition) is 4. The quantitative estimate of drug-likeness (QED) is 0.310. The molecule has 0 aromatic heterocycles. The molecule has 2 aromatic rings. The smallest absolute Gasteiger partial charge is 0.243 e. The summed E-state index contributed by atoms with van der Waals surface area (Å²) in [5.41, 5.74) is 1.96. The van der Waals surface area contributed by atoms with Crippen LogP contribution in [-0.2, 0) is 23.1 Å². The van der Waals surface area contributed by atoms with Crippen LogP contribution in [0.5, 0.6) is 5.75 Å². The summed E-state index contributed by atoms with van der Waals surface area (Å²) < 4.78 is 32.7. The molecule has 7 nitrogen and oxygen atoms in total. The Balaban J connectivity index is 0.00000341. The number of nitrogens with zero attached hydrogens (tertiary/aromatic N) is 2. The zero-order chi connectivity index (χ0) is 21.4. The highest BCUT2D eigenvalue weighted by Crippen LogP contribution is 2.21. The lowest BCUT2D eigenvalue weighted by molar-refractivity contribution is 0.346. The van der Waals surface area contributed by atoms with Gasteiger partial charge in [0.2, 0.25) is 10.0 Å². The van der Waals surface area contributed by atoms with Crippen LogP contribution >= 0.6 is 24.0 Å². The predicted molar refractivity (Wildman–Crippen MR) is 134 cm³/mol. The lowest BCUT2D eigenvalue weighted by Crippen LogP contribution is -2.36. The summed E-state index contributed by atoms with van der Waals surface area (Å²) in [6, 6.07) is 14.9. The zero-order valence-corrected chi connectivity index (χ0v) is 21.2. The van der Waals surface area contributed by atoms with E-state index in [2.05, 4.69) is 15.6 Å². The third-order valence-electron chi connectivity index (χ3n) is 5.13. The summed E-state index contributed by atoms with van der Waals surface area (Å²) in [7, 11) is -0.0818. The fraction of sp³-hybridized carbons (Fsp3) is 0.409. The van der Waals surface area contributed by atoms with E-state index >= 15 is 0 Å². The van der Waals surface area contributed by atoms with Crippen LogP contribution in [0.15, 0.2) is 58.4 Å². The second-order valence-electron chi connectivity index (χ2n) is 7.24. The van der Waals surface area contributed by atoms with Crippen molar-refractivity contribution < 1.29 is 13.2 Å². The maximum absolute atomic E-state index is 12.9. The highest BCUT2D eigenvalue weighted by Gasteiger charge is 2.25. The number of benzene rings is 2. The first kappa shape index (κ1) is 25.4. The van der Waals surface area contributed by atoms with Gasteiger partial charge in [0, 0.05) is 33.2 Å². The van der Waals surface area contributed by atoms with Gasteiger partial charge >= 0.3 is 0 Å². The maximum Gasteiger partial charge on any atom is 0.243 e. The van der Waals surface area contributed by atoms with E-state index < -0.39 is 10.0 Å². The first-order chi connectivity index (χ1) is 14.5. The molecule has 0 spiro atoms. The van der Waals surface area contributed by atoms with Gasteiger partial charge in [-0.05, 0) is 48.2 Å². The van der Waals surface area contributed by atoms with Gasteiger partial charge in [-0.25, -0.2) is 8.42 Å². The van der Waals surface area contributed by atoms with Gasteiger partial charge in [-0.1, -0.05) is 30.7 Å². The minimum Gasteiger partial charge on any atom is -0.497 e.